The van der Waals surface area contributed by atoms with Crippen LogP contribution in [0.5, 0.6) is 0 Å². The third-order valence-corrected chi connectivity index (χ3v) is 12.1. The molecule has 53 heavy (non-hydrogen) atoms. The first kappa shape index (κ1) is 27.7. The molecule has 0 saturated carbocycles. The Morgan fingerprint density at radius 3 is 1.57 bits per heavy atom. The normalized spacial score (nSPS) is 12.5. The van der Waals surface area contributed by atoms with Gasteiger partial charge in [0.15, 0.2) is 0 Å². The topological polar surface area (TPSA) is 13.1 Å². The zero-order valence-corrected chi connectivity index (χ0v) is 28.6. The highest BCUT2D eigenvalue weighted by atomic mass is 16.3. The molecule has 0 spiro atoms. The fraction of sp³-hybridized carbons (Fsp3) is 0. The van der Waals surface area contributed by atoms with E-state index in [9.17, 15) is 0 Å². The van der Waals surface area contributed by atoms with Gasteiger partial charge in [-0.05, 0) is 116 Å². The molecule has 0 radical (unpaired) electrons. The first-order valence-electron chi connectivity index (χ1n) is 18.4. The molecule has 13 rings (SSSR count). The maximum absolute atomic E-state index is 7.08. The molecule has 0 amide bonds. The first-order valence-corrected chi connectivity index (χ1v) is 18.4. The minimum Gasteiger partial charge on any atom is -0.455 e. The number of hydrogen-bond acceptors (Lipinski definition) is 1. The summed E-state index contributed by atoms with van der Waals surface area (Å²) in [5.74, 6) is 0. The lowest BCUT2D eigenvalue weighted by Gasteiger charge is -2.18. The van der Waals surface area contributed by atoms with Crippen molar-refractivity contribution in [3.05, 3.63) is 170 Å². The van der Waals surface area contributed by atoms with Gasteiger partial charge in [-0.3, -0.25) is 0 Å². The van der Waals surface area contributed by atoms with E-state index >= 15 is 0 Å². The van der Waals surface area contributed by atoms with E-state index in [0.717, 1.165) is 32.9 Å². The molecule has 242 valence electrons. The van der Waals surface area contributed by atoms with Crippen LogP contribution in [0.1, 0.15) is 0 Å². The summed E-state index contributed by atoms with van der Waals surface area (Å²) >= 11 is 0. The van der Waals surface area contributed by atoms with Crippen molar-refractivity contribution in [2.75, 3.05) is 0 Å². The van der Waals surface area contributed by atoms with Crippen LogP contribution in [-0.4, -0.2) is 0 Å². The fourth-order valence-corrected chi connectivity index (χ4v) is 9.81. The lowest BCUT2D eigenvalue weighted by Crippen LogP contribution is -1.91. The van der Waals surface area contributed by atoms with Crippen LogP contribution in [-0.2, 0) is 0 Å². The summed E-state index contributed by atoms with van der Waals surface area (Å²) in [6, 6.07) is 63.1. The molecule has 0 bridgehead atoms. The summed E-state index contributed by atoms with van der Waals surface area (Å²) in [5, 5.41) is 22.7. The highest BCUT2D eigenvalue weighted by Gasteiger charge is 2.22. The van der Waals surface area contributed by atoms with Crippen LogP contribution in [0.25, 0.3) is 130 Å². The van der Waals surface area contributed by atoms with E-state index in [1.807, 2.05) is 0 Å². The first-order chi connectivity index (χ1) is 26.3. The average molecular weight is 669 g/mol. The molecule has 1 nitrogen and oxygen atoms in total. The van der Waals surface area contributed by atoms with Gasteiger partial charge in [0.2, 0.25) is 0 Å². The molecule has 12 aromatic carbocycles. The second-order valence-corrected chi connectivity index (χ2v) is 14.7. The zero-order chi connectivity index (χ0) is 34.4. The van der Waals surface area contributed by atoms with Crippen molar-refractivity contribution < 1.29 is 4.42 Å². The molecule has 0 aliphatic carbocycles. The lowest BCUT2D eigenvalue weighted by atomic mass is 9.85. The van der Waals surface area contributed by atoms with E-state index in [4.69, 9.17) is 4.42 Å². The molecular formula is C52H28O. The van der Waals surface area contributed by atoms with Crippen LogP contribution in [0.4, 0.5) is 0 Å². The van der Waals surface area contributed by atoms with E-state index in [-0.39, 0.29) is 0 Å². The monoisotopic (exact) mass is 668 g/mol. The Labute approximate surface area is 303 Å². The molecule has 0 fully saturated rings. The third-order valence-electron chi connectivity index (χ3n) is 12.1. The van der Waals surface area contributed by atoms with Gasteiger partial charge < -0.3 is 4.42 Å². The second kappa shape index (κ2) is 9.88. The van der Waals surface area contributed by atoms with Gasteiger partial charge in [0, 0.05) is 21.7 Å². The maximum Gasteiger partial charge on any atom is 0.143 e. The quantitative estimate of drug-likeness (QED) is 0.132. The number of rotatable bonds is 2. The standard InChI is InChI=1S/C52H28O/c1-2-11-36-29(7-1)17-24-44-46-28-34(35-21-18-33-16-15-30-8-5-9-31-19-22-41(35)48(33)47(30)31)27-45(52(46)53-51(36)44)39-25-26-43-38-13-4-3-12-37(38)40-14-6-10-32-20-23-42(39)50(43)49(32)40/h1-28H. The lowest BCUT2D eigenvalue weighted by molar-refractivity contribution is 0.674. The molecule has 1 heterocycles. The van der Waals surface area contributed by atoms with E-state index in [1.165, 1.54) is 97.5 Å². The minimum absolute atomic E-state index is 0.928. The zero-order valence-electron chi connectivity index (χ0n) is 28.6. The van der Waals surface area contributed by atoms with E-state index in [2.05, 4.69) is 170 Å². The molecular weight excluding hydrogens is 641 g/mol. The summed E-state index contributed by atoms with van der Waals surface area (Å²) < 4.78 is 7.08. The molecule has 0 unspecified atom stereocenters. The summed E-state index contributed by atoms with van der Waals surface area (Å²) in [4.78, 5) is 0. The SMILES string of the molecule is c1ccc2c(c1)ccc1c3cc(-c4ccc5ccc6cccc7ccc4c5c67)cc(-c4ccc5c6ccccc6c6cccc7ccc4c5c76)c3oc21. The van der Waals surface area contributed by atoms with Crippen LogP contribution in [0.3, 0.4) is 0 Å². The number of benzene rings is 12. The molecule has 0 N–H and O–H groups in total. The molecule has 1 aromatic heterocycles. The highest BCUT2D eigenvalue weighted by Crippen LogP contribution is 2.48. The van der Waals surface area contributed by atoms with Gasteiger partial charge in [-0.1, -0.05) is 152 Å². The van der Waals surface area contributed by atoms with Crippen molar-refractivity contribution in [3.8, 4) is 22.3 Å². The van der Waals surface area contributed by atoms with Crippen molar-refractivity contribution in [1.29, 1.82) is 0 Å². The Kier molecular flexibility index (Phi) is 5.17. The molecule has 1 heteroatoms. The van der Waals surface area contributed by atoms with Crippen molar-refractivity contribution >= 4 is 108 Å². The Morgan fingerprint density at radius 1 is 0.245 bits per heavy atom. The molecule has 13 aromatic rings. The maximum atomic E-state index is 7.08. The molecule has 0 saturated heterocycles. The van der Waals surface area contributed by atoms with Crippen LogP contribution in [0.2, 0.25) is 0 Å². The van der Waals surface area contributed by atoms with Crippen LogP contribution in [0.15, 0.2) is 174 Å². The van der Waals surface area contributed by atoms with Gasteiger partial charge in [-0.2, -0.15) is 0 Å². The molecule has 0 atom stereocenters. The van der Waals surface area contributed by atoms with Crippen LogP contribution >= 0.6 is 0 Å². The third kappa shape index (κ3) is 3.56. The van der Waals surface area contributed by atoms with Gasteiger partial charge in [0.1, 0.15) is 11.2 Å². The second-order valence-electron chi connectivity index (χ2n) is 14.7. The van der Waals surface area contributed by atoms with Gasteiger partial charge in [-0.15, -0.1) is 0 Å². The van der Waals surface area contributed by atoms with Crippen LogP contribution < -0.4 is 0 Å². The van der Waals surface area contributed by atoms with Crippen molar-refractivity contribution in [3.63, 3.8) is 0 Å². The van der Waals surface area contributed by atoms with E-state index in [1.54, 1.807) is 0 Å². The number of furan rings is 1. The van der Waals surface area contributed by atoms with Crippen molar-refractivity contribution in [2.24, 2.45) is 0 Å². The van der Waals surface area contributed by atoms with Gasteiger partial charge in [0.25, 0.3) is 0 Å². The summed E-state index contributed by atoms with van der Waals surface area (Å²) in [5.41, 5.74) is 6.60. The van der Waals surface area contributed by atoms with Crippen molar-refractivity contribution in [2.45, 2.75) is 0 Å². The predicted molar refractivity (Wildman–Crippen MR) is 227 cm³/mol. The summed E-state index contributed by atoms with van der Waals surface area (Å²) in [7, 11) is 0. The van der Waals surface area contributed by atoms with Gasteiger partial charge in [0.05, 0.1) is 0 Å². The minimum atomic E-state index is 0.928. The number of hydrogen-bond donors (Lipinski definition) is 0. The smallest absolute Gasteiger partial charge is 0.143 e. The van der Waals surface area contributed by atoms with Crippen molar-refractivity contribution in [1.82, 2.24) is 0 Å². The number of fused-ring (bicyclic) bond motifs is 8. The Balaban J connectivity index is 1.19. The molecule has 0 aliphatic heterocycles. The predicted octanol–water partition coefficient (Wildman–Crippen LogP) is 15.0. The fourth-order valence-electron chi connectivity index (χ4n) is 9.81. The van der Waals surface area contributed by atoms with Gasteiger partial charge in [-0.25, -0.2) is 0 Å². The summed E-state index contributed by atoms with van der Waals surface area (Å²) in [6.45, 7) is 0. The largest absolute Gasteiger partial charge is 0.455 e. The molecule has 0 aliphatic rings. The Bertz CT molecular complexity index is 3660. The van der Waals surface area contributed by atoms with E-state index < -0.39 is 0 Å². The Morgan fingerprint density at radius 2 is 0.755 bits per heavy atom. The Hall–Kier alpha value is -6.96. The average Bonchev–Trinajstić information content (AvgIpc) is 3.61. The summed E-state index contributed by atoms with van der Waals surface area (Å²) in [6.07, 6.45) is 0. The highest BCUT2D eigenvalue weighted by molar-refractivity contribution is 6.35. The van der Waals surface area contributed by atoms with Gasteiger partial charge >= 0.3 is 0 Å². The van der Waals surface area contributed by atoms with Crippen LogP contribution in [0, 0.1) is 0 Å². The van der Waals surface area contributed by atoms with E-state index in [0.29, 0.717) is 0 Å².